The van der Waals surface area contributed by atoms with Gasteiger partial charge in [-0.1, -0.05) is 78.9 Å². The number of para-hydroxylation sites is 1. The van der Waals surface area contributed by atoms with Crippen LogP contribution in [0.4, 0.5) is 0 Å². The summed E-state index contributed by atoms with van der Waals surface area (Å²) in [6.07, 6.45) is 5.03. The number of benzene rings is 3. The number of aryl methyl sites for hydroxylation is 1. The number of hydrogen-bond donors (Lipinski definition) is 2. The van der Waals surface area contributed by atoms with Crippen LogP contribution in [0.3, 0.4) is 0 Å². The van der Waals surface area contributed by atoms with Gasteiger partial charge in [0.25, 0.3) is 0 Å². The van der Waals surface area contributed by atoms with Crippen LogP contribution in [0, 0.1) is 0 Å². The van der Waals surface area contributed by atoms with Crippen molar-refractivity contribution >= 4 is 16.7 Å². The summed E-state index contributed by atoms with van der Waals surface area (Å²) in [6, 6.07) is 28.7. The third-order valence-corrected chi connectivity index (χ3v) is 5.60. The van der Waals surface area contributed by atoms with E-state index in [9.17, 15) is 4.79 Å². The van der Waals surface area contributed by atoms with Crippen LogP contribution in [-0.2, 0) is 6.42 Å². The van der Waals surface area contributed by atoms with Crippen molar-refractivity contribution in [2.75, 3.05) is 0 Å². The first-order valence-electron chi connectivity index (χ1n) is 10.2. The van der Waals surface area contributed by atoms with Gasteiger partial charge in [-0.05, 0) is 29.2 Å². The Hall–Kier alpha value is -3.85. The van der Waals surface area contributed by atoms with Crippen molar-refractivity contribution in [2.24, 2.45) is 0 Å². The van der Waals surface area contributed by atoms with Crippen molar-refractivity contribution in [3.05, 3.63) is 108 Å². The Balaban J connectivity index is 1.47. The molecule has 3 nitrogen and oxygen atoms in total. The maximum absolute atomic E-state index is 13.0. The third-order valence-electron chi connectivity index (χ3n) is 5.60. The minimum atomic E-state index is 0.161. The lowest BCUT2D eigenvalue weighted by Gasteiger charge is -2.08. The van der Waals surface area contributed by atoms with Gasteiger partial charge >= 0.3 is 0 Å². The first-order valence-corrected chi connectivity index (χ1v) is 10.2. The van der Waals surface area contributed by atoms with Crippen LogP contribution in [0.15, 0.2) is 97.3 Å². The van der Waals surface area contributed by atoms with Gasteiger partial charge in [-0.3, -0.25) is 4.79 Å². The van der Waals surface area contributed by atoms with Crippen molar-refractivity contribution in [1.82, 2.24) is 9.97 Å². The molecule has 0 saturated carbocycles. The van der Waals surface area contributed by atoms with Gasteiger partial charge in [0.05, 0.1) is 5.69 Å². The zero-order valence-electron chi connectivity index (χ0n) is 16.6. The number of rotatable bonds is 6. The molecule has 5 aromatic rings. The molecule has 2 N–H and O–H groups in total. The van der Waals surface area contributed by atoms with Gasteiger partial charge in [-0.25, -0.2) is 0 Å². The molecule has 2 aromatic heterocycles. The molecule has 3 heteroatoms. The van der Waals surface area contributed by atoms with Crippen LogP contribution in [0.5, 0.6) is 0 Å². The largest absolute Gasteiger partial charge is 0.360 e. The second-order valence-electron chi connectivity index (χ2n) is 7.47. The van der Waals surface area contributed by atoms with E-state index in [1.165, 1.54) is 5.56 Å². The number of carbonyl (C=O) groups is 1. The highest BCUT2D eigenvalue weighted by Gasteiger charge is 2.17. The van der Waals surface area contributed by atoms with Gasteiger partial charge in [0.15, 0.2) is 5.78 Å². The van der Waals surface area contributed by atoms with E-state index in [-0.39, 0.29) is 5.78 Å². The molecule has 0 aliphatic rings. The average Bonchev–Trinajstić information content (AvgIpc) is 3.43. The van der Waals surface area contributed by atoms with Gasteiger partial charge in [0, 0.05) is 40.8 Å². The molecule has 3 aromatic carbocycles. The number of aromatic nitrogens is 2. The normalized spacial score (nSPS) is 11.1. The zero-order valence-corrected chi connectivity index (χ0v) is 16.6. The van der Waals surface area contributed by atoms with E-state index < -0.39 is 0 Å². The lowest BCUT2D eigenvalue weighted by molar-refractivity contribution is 0.0984. The first kappa shape index (κ1) is 18.2. The van der Waals surface area contributed by atoms with E-state index >= 15 is 0 Å². The second kappa shape index (κ2) is 7.88. The SMILES string of the molecule is O=C(CCc1c[nH]c(-c2ccccc2)c1-c1ccccc1)c1c[nH]c2ccccc12. The fourth-order valence-corrected chi connectivity index (χ4v) is 4.11. The molecule has 5 rings (SSSR count). The Morgan fingerprint density at radius 2 is 1.37 bits per heavy atom. The number of Topliss-reactive ketones (excluding diaryl/α,β-unsaturated/α-hetero) is 1. The van der Waals surface area contributed by atoms with E-state index in [4.69, 9.17) is 0 Å². The highest BCUT2D eigenvalue weighted by Crippen LogP contribution is 2.35. The van der Waals surface area contributed by atoms with Crippen LogP contribution in [0.2, 0.25) is 0 Å². The van der Waals surface area contributed by atoms with Crippen LogP contribution in [-0.4, -0.2) is 15.8 Å². The number of hydrogen-bond acceptors (Lipinski definition) is 1. The number of ketones is 1. The maximum atomic E-state index is 13.0. The Kier molecular flexibility index (Phi) is 4.78. The molecule has 0 radical (unpaired) electrons. The van der Waals surface area contributed by atoms with Crippen molar-refractivity contribution in [1.29, 1.82) is 0 Å². The summed E-state index contributed by atoms with van der Waals surface area (Å²) >= 11 is 0. The Bertz CT molecular complexity index is 1300. The van der Waals surface area contributed by atoms with E-state index in [2.05, 4.69) is 46.4 Å². The average molecular weight is 390 g/mol. The fraction of sp³-hybridized carbons (Fsp3) is 0.0741. The van der Waals surface area contributed by atoms with Gasteiger partial charge < -0.3 is 9.97 Å². The molecule has 0 spiro atoms. The zero-order chi connectivity index (χ0) is 20.3. The molecule has 2 heterocycles. The number of nitrogens with one attached hydrogen (secondary N) is 2. The minimum Gasteiger partial charge on any atom is -0.360 e. The Labute approximate surface area is 175 Å². The summed E-state index contributed by atoms with van der Waals surface area (Å²) in [6.45, 7) is 0. The molecule has 0 bridgehead atoms. The lowest BCUT2D eigenvalue weighted by Crippen LogP contribution is -2.00. The number of carbonyl (C=O) groups excluding carboxylic acids is 1. The topological polar surface area (TPSA) is 48.6 Å². The lowest BCUT2D eigenvalue weighted by atomic mass is 9.94. The van der Waals surface area contributed by atoms with E-state index in [1.54, 1.807) is 0 Å². The standard InChI is InChI=1S/C27H22N2O/c30-25(23-18-28-24-14-8-7-13-22(23)24)16-15-21-17-29-27(20-11-5-2-6-12-20)26(21)19-9-3-1-4-10-19/h1-14,17-18,28-29H,15-16H2. The predicted octanol–water partition coefficient (Wildman–Crippen LogP) is 6.65. The predicted molar refractivity (Wildman–Crippen MR) is 123 cm³/mol. The Morgan fingerprint density at radius 1 is 0.700 bits per heavy atom. The fourth-order valence-electron chi connectivity index (χ4n) is 4.11. The molecule has 146 valence electrons. The summed E-state index contributed by atoms with van der Waals surface area (Å²) in [5.41, 5.74) is 7.50. The van der Waals surface area contributed by atoms with Gasteiger partial charge in [-0.2, -0.15) is 0 Å². The molecular formula is C27H22N2O. The molecule has 0 aliphatic carbocycles. The summed E-state index contributed by atoms with van der Waals surface area (Å²) in [5, 5.41) is 0.991. The Morgan fingerprint density at radius 3 is 2.13 bits per heavy atom. The maximum Gasteiger partial charge on any atom is 0.165 e. The molecule has 30 heavy (non-hydrogen) atoms. The summed E-state index contributed by atoms with van der Waals surface area (Å²) in [4.78, 5) is 19.7. The van der Waals surface area contributed by atoms with Crippen molar-refractivity contribution in [3.8, 4) is 22.4 Å². The van der Waals surface area contributed by atoms with Crippen LogP contribution in [0.1, 0.15) is 22.3 Å². The summed E-state index contributed by atoms with van der Waals surface area (Å²) in [5.74, 6) is 0.161. The van der Waals surface area contributed by atoms with Crippen LogP contribution >= 0.6 is 0 Å². The number of aromatic amines is 2. The number of fused-ring (bicyclic) bond motifs is 1. The van der Waals surface area contributed by atoms with Gasteiger partial charge in [0.1, 0.15) is 0 Å². The van der Waals surface area contributed by atoms with Crippen LogP contribution < -0.4 is 0 Å². The molecule has 0 amide bonds. The minimum absolute atomic E-state index is 0.161. The summed E-state index contributed by atoms with van der Waals surface area (Å²) in [7, 11) is 0. The highest BCUT2D eigenvalue weighted by molar-refractivity contribution is 6.08. The van der Waals surface area contributed by atoms with E-state index in [0.717, 1.165) is 38.9 Å². The monoisotopic (exact) mass is 390 g/mol. The van der Waals surface area contributed by atoms with E-state index in [0.29, 0.717) is 12.8 Å². The second-order valence-corrected chi connectivity index (χ2v) is 7.47. The molecular weight excluding hydrogens is 368 g/mol. The van der Waals surface area contributed by atoms with Gasteiger partial charge in [0.2, 0.25) is 0 Å². The number of H-pyrrole nitrogens is 2. The molecule has 0 fully saturated rings. The van der Waals surface area contributed by atoms with E-state index in [1.807, 2.05) is 60.9 Å². The molecule has 0 unspecified atom stereocenters. The molecule has 0 atom stereocenters. The van der Waals surface area contributed by atoms with Crippen LogP contribution in [0.25, 0.3) is 33.3 Å². The summed E-state index contributed by atoms with van der Waals surface area (Å²) < 4.78 is 0. The van der Waals surface area contributed by atoms with Crippen molar-refractivity contribution < 1.29 is 4.79 Å². The first-order chi connectivity index (χ1) is 14.8. The quantitative estimate of drug-likeness (QED) is 0.313. The molecule has 0 aliphatic heterocycles. The van der Waals surface area contributed by atoms with Crippen molar-refractivity contribution in [3.63, 3.8) is 0 Å². The third kappa shape index (κ3) is 3.35. The highest BCUT2D eigenvalue weighted by atomic mass is 16.1. The van der Waals surface area contributed by atoms with Gasteiger partial charge in [-0.15, -0.1) is 0 Å². The molecule has 0 saturated heterocycles. The van der Waals surface area contributed by atoms with Crippen molar-refractivity contribution in [2.45, 2.75) is 12.8 Å². The smallest absolute Gasteiger partial charge is 0.165 e.